The Kier molecular flexibility index (Phi) is 4.67. The van der Waals surface area contributed by atoms with Gasteiger partial charge in [-0.05, 0) is 24.3 Å². The van der Waals surface area contributed by atoms with Crippen LogP contribution in [0.2, 0.25) is 0 Å². The van der Waals surface area contributed by atoms with Crippen LogP contribution < -0.4 is 10.2 Å². The van der Waals surface area contributed by atoms with Crippen molar-refractivity contribution in [2.75, 3.05) is 25.5 Å². The standard InChI is InChI=1S/C12H16N2O4/c1-14(2)9-5-3-8(4-6-9)11(16)13-7-10(15)12(17)18/h3-6,10,15H,7H2,1-2H3,(H,13,16)(H,17,18)/t10-/m0/s1. The first-order valence-electron chi connectivity index (χ1n) is 5.38. The van der Waals surface area contributed by atoms with Crippen LogP contribution in [0.25, 0.3) is 0 Å². The molecule has 0 saturated heterocycles. The van der Waals surface area contributed by atoms with Crippen LogP contribution in [-0.4, -0.2) is 48.8 Å². The molecular weight excluding hydrogens is 236 g/mol. The van der Waals surface area contributed by atoms with Gasteiger partial charge in [-0.25, -0.2) is 4.79 Å². The zero-order valence-corrected chi connectivity index (χ0v) is 10.3. The van der Waals surface area contributed by atoms with E-state index < -0.39 is 18.0 Å². The summed E-state index contributed by atoms with van der Waals surface area (Å²) in [5.41, 5.74) is 1.37. The maximum Gasteiger partial charge on any atom is 0.334 e. The largest absolute Gasteiger partial charge is 0.479 e. The fraction of sp³-hybridized carbons (Fsp3) is 0.333. The van der Waals surface area contributed by atoms with Gasteiger partial charge in [0.25, 0.3) is 5.91 Å². The van der Waals surface area contributed by atoms with Crippen molar-refractivity contribution in [1.82, 2.24) is 5.32 Å². The first kappa shape index (κ1) is 14.0. The van der Waals surface area contributed by atoms with Gasteiger partial charge >= 0.3 is 5.97 Å². The van der Waals surface area contributed by atoms with Crippen LogP contribution >= 0.6 is 0 Å². The molecule has 0 radical (unpaired) electrons. The molecule has 3 N–H and O–H groups in total. The van der Waals surface area contributed by atoms with E-state index in [-0.39, 0.29) is 6.54 Å². The van der Waals surface area contributed by atoms with Gasteiger partial charge in [0.15, 0.2) is 6.10 Å². The number of nitrogens with one attached hydrogen (secondary N) is 1. The predicted octanol–water partition coefficient (Wildman–Crippen LogP) is -0.0721. The molecule has 0 aromatic heterocycles. The highest BCUT2D eigenvalue weighted by Crippen LogP contribution is 2.11. The van der Waals surface area contributed by atoms with Crippen molar-refractivity contribution in [1.29, 1.82) is 0 Å². The Balaban J connectivity index is 2.59. The minimum absolute atomic E-state index is 0.316. The Morgan fingerprint density at radius 2 is 1.83 bits per heavy atom. The lowest BCUT2D eigenvalue weighted by Gasteiger charge is -2.13. The molecular formula is C12H16N2O4. The highest BCUT2D eigenvalue weighted by atomic mass is 16.4. The Bertz CT molecular complexity index is 428. The molecule has 0 aliphatic carbocycles. The quantitative estimate of drug-likeness (QED) is 0.682. The van der Waals surface area contributed by atoms with Crippen molar-refractivity contribution >= 4 is 17.6 Å². The first-order valence-corrected chi connectivity index (χ1v) is 5.38. The van der Waals surface area contributed by atoms with Gasteiger partial charge in [-0.1, -0.05) is 0 Å². The summed E-state index contributed by atoms with van der Waals surface area (Å²) in [6.45, 7) is -0.316. The van der Waals surface area contributed by atoms with E-state index in [1.54, 1.807) is 24.3 Å². The summed E-state index contributed by atoms with van der Waals surface area (Å²) in [5.74, 6) is -1.78. The predicted molar refractivity (Wildman–Crippen MR) is 66.7 cm³/mol. The number of anilines is 1. The van der Waals surface area contributed by atoms with Crippen LogP contribution in [0.1, 0.15) is 10.4 Å². The van der Waals surface area contributed by atoms with E-state index in [0.717, 1.165) is 5.69 Å². The number of rotatable bonds is 5. The fourth-order valence-corrected chi connectivity index (χ4v) is 1.29. The van der Waals surface area contributed by atoms with Crippen LogP contribution in [0.3, 0.4) is 0 Å². The van der Waals surface area contributed by atoms with E-state index in [4.69, 9.17) is 10.2 Å². The topological polar surface area (TPSA) is 89.9 Å². The number of carbonyl (C=O) groups is 2. The lowest BCUT2D eigenvalue weighted by molar-refractivity contribution is -0.146. The van der Waals surface area contributed by atoms with Crippen LogP contribution in [-0.2, 0) is 4.79 Å². The summed E-state index contributed by atoms with van der Waals surface area (Å²) in [4.78, 5) is 23.9. The molecule has 0 unspecified atom stereocenters. The fourth-order valence-electron chi connectivity index (χ4n) is 1.29. The first-order chi connectivity index (χ1) is 8.41. The maximum atomic E-state index is 11.6. The number of carboxylic acid groups (broad SMARTS) is 1. The number of carboxylic acids is 1. The van der Waals surface area contributed by atoms with Crippen molar-refractivity contribution in [3.63, 3.8) is 0 Å². The number of carbonyl (C=O) groups excluding carboxylic acids is 1. The summed E-state index contributed by atoms with van der Waals surface area (Å²) in [6.07, 6.45) is -1.59. The summed E-state index contributed by atoms with van der Waals surface area (Å²) >= 11 is 0. The van der Waals surface area contributed by atoms with E-state index in [1.165, 1.54) is 0 Å². The smallest absolute Gasteiger partial charge is 0.334 e. The molecule has 1 aromatic carbocycles. The second-order valence-corrected chi connectivity index (χ2v) is 4.01. The van der Waals surface area contributed by atoms with Crippen molar-refractivity contribution in [3.05, 3.63) is 29.8 Å². The average molecular weight is 252 g/mol. The Morgan fingerprint density at radius 3 is 2.28 bits per heavy atom. The molecule has 6 heteroatoms. The molecule has 1 aromatic rings. The van der Waals surface area contributed by atoms with E-state index in [0.29, 0.717) is 5.56 Å². The van der Waals surface area contributed by atoms with Gasteiger partial charge in [0, 0.05) is 25.3 Å². The molecule has 18 heavy (non-hydrogen) atoms. The molecule has 0 heterocycles. The van der Waals surface area contributed by atoms with Crippen molar-refractivity contribution < 1.29 is 19.8 Å². The number of aliphatic hydroxyl groups excluding tert-OH is 1. The third kappa shape index (κ3) is 3.74. The number of aliphatic carboxylic acids is 1. The monoisotopic (exact) mass is 252 g/mol. The third-order valence-electron chi connectivity index (χ3n) is 2.39. The molecule has 1 atom stereocenters. The van der Waals surface area contributed by atoms with Gasteiger partial charge in [0.05, 0.1) is 6.54 Å². The lowest BCUT2D eigenvalue weighted by atomic mass is 10.2. The third-order valence-corrected chi connectivity index (χ3v) is 2.39. The van der Waals surface area contributed by atoms with E-state index in [9.17, 15) is 9.59 Å². The van der Waals surface area contributed by atoms with Crippen molar-refractivity contribution in [2.45, 2.75) is 6.10 Å². The van der Waals surface area contributed by atoms with Gasteiger partial charge in [-0.15, -0.1) is 0 Å². The highest BCUT2D eigenvalue weighted by molar-refractivity contribution is 5.94. The summed E-state index contributed by atoms with van der Waals surface area (Å²) < 4.78 is 0. The van der Waals surface area contributed by atoms with E-state index >= 15 is 0 Å². The molecule has 1 rings (SSSR count). The van der Waals surface area contributed by atoms with Crippen molar-refractivity contribution in [2.24, 2.45) is 0 Å². The Labute approximate surface area is 105 Å². The van der Waals surface area contributed by atoms with Crippen LogP contribution in [0.5, 0.6) is 0 Å². The molecule has 1 amide bonds. The zero-order valence-electron chi connectivity index (χ0n) is 10.3. The molecule has 0 saturated carbocycles. The van der Waals surface area contributed by atoms with Gasteiger partial charge in [-0.3, -0.25) is 4.79 Å². The zero-order chi connectivity index (χ0) is 13.7. The molecule has 0 aliphatic rings. The van der Waals surface area contributed by atoms with Crippen LogP contribution in [0, 0.1) is 0 Å². The van der Waals surface area contributed by atoms with Crippen LogP contribution in [0.15, 0.2) is 24.3 Å². The number of nitrogens with zero attached hydrogens (tertiary/aromatic N) is 1. The molecule has 0 bridgehead atoms. The number of aliphatic hydroxyl groups is 1. The number of hydrogen-bond acceptors (Lipinski definition) is 4. The van der Waals surface area contributed by atoms with Gasteiger partial charge in [0.1, 0.15) is 0 Å². The Hall–Kier alpha value is -2.08. The SMILES string of the molecule is CN(C)c1ccc(C(=O)NC[C@H](O)C(=O)O)cc1. The van der Waals surface area contributed by atoms with Gasteiger partial charge in [-0.2, -0.15) is 0 Å². The number of hydrogen-bond donors (Lipinski definition) is 3. The maximum absolute atomic E-state index is 11.6. The second-order valence-electron chi connectivity index (χ2n) is 4.01. The van der Waals surface area contributed by atoms with E-state index in [2.05, 4.69) is 5.32 Å². The average Bonchev–Trinajstić information content (AvgIpc) is 2.35. The molecule has 0 fully saturated rings. The normalized spacial score (nSPS) is 11.7. The molecule has 0 aliphatic heterocycles. The number of amides is 1. The molecule has 0 spiro atoms. The number of benzene rings is 1. The molecule has 98 valence electrons. The second kappa shape index (κ2) is 6.02. The summed E-state index contributed by atoms with van der Waals surface area (Å²) in [7, 11) is 3.77. The Morgan fingerprint density at radius 1 is 1.28 bits per heavy atom. The molecule has 6 nitrogen and oxygen atoms in total. The minimum atomic E-state index is -1.59. The lowest BCUT2D eigenvalue weighted by Crippen LogP contribution is -2.36. The van der Waals surface area contributed by atoms with Gasteiger partial charge < -0.3 is 20.4 Å². The summed E-state index contributed by atoms with van der Waals surface area (Å²) in [5, 5.41) is 19.8. The van der Waals surface area contributed by atoms with Crippen molar-refractivity contribution in [3.8, 4) is 0 Å². The van der Waals surface area contributed by atoms with Gasteiger partial charge in [0.2, 0.25) is 0 Å². The minimum Gasteiger partial charge on any atom is -0.479 e. The van der Waals surface area contributed by atoms with Crippen LogP contribution in [0.4, 0.5) is 5.69 Å². The highest BCUT2D eigenvalue weighted by Gasteiger charge is 2.14. The summed E-state index contributed by atoms with van der Waals surface area (Å²) in [6, 6.07) is 6.83. The van der Waals surface area contributed by atoms with E-state index in [1.807, 2.05) is 19.0 Å².